The highest BCUT2D eigenvalue weighted by Gasteiger charge is 2.32. The Morgan fingerprint density at radius 1 is 1.35 bits per heavy atom. The molecule has 2 aromatic rings. The number of amides is 1. The Balaban J connectivity index is 1.61. The van der Waals surface area contributed by atoms with E-state index in [1.54, 1.807) is 17.6 Å². The van der Waals surface area contributed by atoms with Gasteiger partial charge in [0.25, 0.3) is 10.0 Å². The molecule has 9 heteroatoms. The van der Waals surface area contributed by atoms with Gasteiger partial charge in [0.1, 0.15) is 4.21 Å². The highest BCUT2D eigenvalue weighted by atomic mass is 32.2. The highest BCUT2D eigenvalue weighted by Crippen LogP contribution is 2.28. The molecular formula is C14H17N3O3S3. The van der Waals surface area contributed by atoms with Crippen LogP contribution in [-0.4, -0.2) is 36.7 Å². The summed E-state index contributed by atoms with van der Waals surface area (Å²) in [5.74, 6) is -0.251. The smallest absolute Gasteiger partial charge is 0.252 e. The third kappa shape index (κ3) is 3.63. The van der Waals surface area contributed by atoms with Crippen molar-refractivity contribution in [3.05, 3.63) is 28.6 Å². The Labute approximate surface area is 143 Å². The number of aromatic nitrogens is 1. The molecule has 1 saturated heterocycles. The molecule has 6 nitrogen and oxygen atoms in total. The zero-order valence-corrected chi connectivity index (χ0v) is 15.0. The van der Waals surface area contributed by atoms with Crippen LogP contribution in [0.2, 0.25) is 0 Å². The average molecular weight is 372 g/mol. The molecule has 0 aliphatic carbocycles. The van der Waals surface area contributed by atoms with Gasteiger partial charge in [0, 0.05) is 35.5 Å². The number of piperidine rings is 1. The number of carbonyl (C=O) groups excluding carboxylic acids is 1. The molecule has 0 bridgehead atoms. The minimum absolute atomic E-state index is 0.0797. The molecule has 23 heavy (non-hydrogen) atoms. The van der Waals surface area contributed by atoms with E-state index in [1.807, 2.05) is 13.0 Å². The molecule has 1 amide bonds. The fourth-order valence-corrected chi connectivity index (χ4v) is 5.97. The Kier molecular flexibility index (Phi) is 4.81. The van der Waals surface area contributed by atoms with E-state index >= 15 is 0 Å². The number of hydrogen-bond donors (Lipinski definition) is 1. The summed E-state index contributed by atoms with van der Waals surface area (Å²) in [5, 5.41) is 5.16. The van der Waals surface area contributed by atoms with Crippen molar-refractivity contribution in [2.75, 3.05) is 18.4 Å². The van der Waals surface area contributed by atoms with E-state index in [9.17, 15) is 13.2 Å². The summed E-state index contributed by atoms with van der Waals surface area (Å²) in [7, 11) is -3.43. The van der Waals surface area contributed by atoms with Crippen LogP contribution in [0.1, 0.15) is 17.7 Å². The lowest BCUT2D eigenvalue weighted by Crippen LogP contribution is -2.41. The van der Waals surface area contributed by atoms with Crippen molar-refractivity contribution >= 4 is 43.7 Å². The van der Waals surface area contributed by atoms with Gasteiger partial charge < -0.3 is 5.32 Å². The summed E-state index contributed by atoms with van der Waals surface area (Å²) >= 11 is 2.65. The van der Waals surface area contributed by atoms with Crippen molar-refractivity contribution in [1.29, 1.82) is 0 Å². The van der Waals surface area contributed by atoms with Crippen molar-refractivity contribution in [2.45, 2.75) is 24.0 Å². The third-order valence-corrected chi connectivity index (χ3v) is 7.85. The summed E-state index contributed by atoms with van der Waals surface area (Å²) in [6, 6.07) is 3.46. The minimum atomic E-state index is -3.43. The first-order valence-corrected chi connectivity index (χ1v) is 10.4. The summed E-state index contributed by atoms with van der Waals surface area (Å²) < 4.78 is 27.0. The maximum atomic E-state index is 12.6. The summed E-state index contributed by atoms with van der Waals surface area (Å²) in [6.07, 6.45) is 2.69. The predicted octanol–water partition coefficient (Wildman–Crippen LogP) is 2.55. The number of nitrogens with one attached hydrogen (secondary N) is 1. The van der Waals surface area contributed by atoms with Gasteiger partial charge in [0.2, 0.25) is 5.91 Å². The number of sulfonamides is 1. The molecule has 0 atom stereocenters. The van der Waals surface area contributed by atoms with Gasteiger partial charge in [-0.15, -0.1) is 22.7 Å². The maximum Gasteiger partial charge on any atom is 0.252 e. The van der Waals surface area contributed by atoms with Crippen LogP contribution in [-0.2, 0) is 14.8 Å². The monoisotopic (exact) mass is 371 g/mol. The first kappa shape index (κ1) is 16.6. The number of hydrogen-bond acceptors (Lipinski definition) is 6. The van der Waals surface area contributed by atoms with Gasteiger partial charge >= 0.3 is 0 Å². The minimum Gasteiger partial charge on any atom is -0.302 e. The number of rotatable bonds is 4. The zero-order valence-electron chi connectivity index (χ0n) is 12.6. The first-order chi connectivity index (χ1) is 11.0. The second-order valence-electron chi connectivity index (χ2n) is 5.37. The fraction of sp³-hybridized carbons (Fsp3) is 0.429. The van der Waals surface area contributed by atoms with Gasteiger partial charge in [-0.05, 0) is 31.9 Å². The number of nitrogens with zero attached hydrogens (tertiary/aromatic N) is 2. The molecular weight excluding hydrogens is 354 g/mol. The fourth-order valence-electron chi connectivity index (χ4n) is 2.53. The van der Waals surface area contributed by atoms with Crippen LogP contribution in [0.25, 0.3) is 0 Å². The molecule has 0 aromatic carbocycles. The van der Waals surface area contributed by atoms with E-state index in [0.29, 0.717) is 35.3 Å². The van der Waals surface area contributed by atoms with Crippen molar-refractivity contribution in [1.82, 2.24) is 9.29 Å². The van der Waals surface area contributed by atoms with E-state index in [2.05, 4.69) is 10.3 Å². The molecule has 1 aliphatic rings. The predicted molar refractivity (Wildman–Crippen MR) is 91.3 cm³/mol. The molecule has 0 radical (unpaired) electrons. The van der Waals surface area contributed by atoms with Crippen LogP contribution >= 0.6 is 22.7 Å². The molecule has 3 rings (SSSR count). The maximum absolute atomic E-state index is 12.6. The molecule has 1 aliphatic heterocycles. The number of aryl methyl sites for hydroxylation is 1. The average Bonchev–Trinajstić information content (AvgIpc) is 3.19. The normalized spacial score (nSPS) is 17.3. The number of thiazole rings is 1. The SMILES string of the molecule is Cc1ccc(S(=O)(=O)N2CCC(C(=O)Nc3nccs3)CC2)s1. The second-order valence-corrected chi connectivity index (χ2v) is 9.72. The molecule has 2 aromatic heterocycles. The molecule has 3 heterocycles. The number of thiophene rings is 1. The van der Waals surface area contributed by atoms with Crippen molar-refractivity contribution < 1.29 is 13.2 Å². The van der Waals surface area contributed by atoms with Gasteiger partial charge in [-0.2, -0.15) is 4.31 Å². The largest absolute Gasteiger partial charge is 0.302 e. The van der Waals surface area contributed by atoms with Gasteiger partial charge in [-0.25, -0.2) is 13.4 Å². The lowest BCUT2D eigenvalue weighted by atomic mass is 9.97. The van der Waals surface area contributed by atoms with E-state index in [1.165, 1.54) is 27.0 Å². The highest BCUT2D eigenvalue weighted by molar-refractivity contribution is 7.91. The van der Waals surface area contributed by atoms with Crippen LogP contribution in [0.5, 0.6) is 0 Å². The van der Waals surface area contributed by atoms with Crippen molar-refractivity contribution in [2.24, 2.45) is 5.92 Å². The topological polar surface area (TPSA) is 79.4 Å². The molecule has 1 N–H and O–H groups in total. The first-order valence-electron chi connectivity index (χ1n) is 7.24. The van der Waals surface area contributed by atoms with Gasteiger partial charge in [-0.1, -0.05) is 0 Å². The van der Waals surface area contributed by atoms with Crippen molar-refractivity contribution in [3.8, 4) is 0 Å². The molecule has 0 saturated carbocycles. The standard InChI is InChI=1S/C14H17N3O3S3/c1-10-2-3-12(22-10)23(19,20)17-7-4-11(5-8-17)13(18)16-14-15-6-9-21-14/h2-3,6,9,11H,4-5,7-8H2,1H3,(H,15,16,18). The van der Waals surface area contributed by atoms with Gasteiger partial charge in [0.05, 0.1) is 0 Å². The van der Waals surface area contributed by atoms with Crippen molar-refractivity contribution in [3.63, 3.8) is 0 Å². The molecule has 0 spiro atoms. The number of anilines is 1. The Hall–Kier alpha value is -1.29. The molecule has 124 valence electrons. The van der Waals surface area contributed by atoms with E-state index in [0.717, 1.165) is 4.88 Å². The summed E-state index contributed by atoms with van der Waals surface area (Å²) in [4.78, 5) is 17.2. The van der Waals surface area contributed by atoms with Gasteiger partial charge in [-0.3, -0.25) is 4.79 Å². The Bertz CT molecular complexity index is 775. The summed E-state index contributed by atoms with van der Waals surface area (Å²) in [5.41, 5.74) is 0. The van der Waals surface area contributed by atoms with E-state index in [-0.39, 0.29) is 11.8 Å². The van der Waals surface area contributed by atoms with Crippen LogP contribution in [0.4, 0.5) is 5.13 Å². The Morgan fingerprint density at radius 3 is 2.65 bits per heavy atom. The van der Waals surface area contributed by atoms with E-state index in [4.69, 9.17) is 0 Å². The van der Waals surface area contributed by atoms with Gasteiger partial charge in [0.15, 0.2) is 5.13 Å². The molecule has 0 unspecified atom stereocenters. The van der Waals surface area contributed by atoms with Crippen LogP contribution in [0, 0.1) is 12.8 Å². The zero-order chi connectivity index (χ0) is 16.4. The van der Waals surface area contributed by atoms with Crippen LogP contribution in [0.15, 0.2) is 27.9 Å². The number of carbonyl (C=O) groups is 1. The van der Waals surface area contributed by atoms with Crippen LogP contribution in [0.3, 0.4) is 0 Å². The van der Waals surface area contributed by atoms with Crippen LogP contribution < -0.4 is 5.32 Å². The van der Waals surface area contributed by atoms with E-state index < -0.39 is 10.0 Å². The molecule has 1 fully saturated rings. The third-order valence-electron chi connectivity index (χ3n) is 3.80. The summed E-state index contributed by atoms with van der Waals surface area (Å²) in [6.45, 7) is 2.63. The second kappa shape index (κ2) is 6.68. The Morgan fingerprint density at radius 2 is 2.09 bits per heavy atom. The lowest BCUT2D eigenvalue weighted by Gasteiger charge is -2.29. The quantitative estimate of drug-likeness (QED) is 0.896. The lowest BCUT2D eigenvalue weighted by molar-refractivity contribution is -0.120.